The van der Waals surface area contributed by atoms with Gasteiger partial charge in [0.15, 0.2) is 0 Å². The van der Waals surface area contributed by atoms with Gasteiger partial charge in [-0.2, -0.15) is 0 Å². The Kier molecular flexibility index (Phi) is 4.27. The fraction of sp³-hybridized carbons (Fsp3) is 0.588. The molecule has 0 aromatic heterocycles. The largest absolute Gasteiger partial charge is 0.387 e. The number of nitrogens with zero attached hydrogens (tertiary/aromatic N) is 1. The minimum Gasteiger partial charge on any atom is -0.387 e. The Morgan fingerprint density at radius 3 is 2.95 bits per heavy atom. The highest BCUT2D eigenvalue weighted by molar-refractivity contribution is 5.92. The van der Waals surface area contributed by atoms with E-state index in [2.05, 4.69) is 11.4 Å². The van der Waals surface area contributed by atoms with Crippen LogP contribution in [0.2, 0.25) is 0 Å². The van der Waals surface area contributed by atoms with Gasteiger partial charge in [-0.05, 0) is 49.4 Å². The molecule has 2 heterocycles. The number of aliphatic hydroxyl groups is 1. The maximum atomic E-state index is 11.7. The molecule has 1 saturated heterocycles. The molecule has 2 unspecified atom stereocenters. The van der Waals surface area contributed by atoms with E-state index in [1.54, 1.807) is 6.92 Å². The molecule has 0 aliphatic carbocycles. The Hall–Kier alpha value is -1.39. The zero-order chi connectivity index (χ0) is 14.8. The van der Waals surface area contributed by atoms with Crippen molar-refractivity contribution in [2.24, 2.45) is 0 Å². The summed E-state index contributed by atoms with van der Waals surface area (Å²) in [6.07, 6.45) is 4.92. The van der Waals surface area contributed by atoms with Gasteiger partial charge in [-0.25, -0.2) is 0 Å². The molecular weight excluding hydrogens is 264 g/mol. The first-order valence-corrected chi connectivity index (χ1v) is 7.99. The Morgan fingerprint density at radius 1 is 1.38 bits per heavy atom. The standard InChI is InChI=1S/C17H24N2O2/c1-12(20)19-10-4-5-13-11-14(7-8-16(13)19)17(21)15-6-2-3-9-18-15/h7-8,11,15,17-18,21H,2-6,9-10H2,1H3. The summed E-state index contributed by atoms with van der Waals surface area (Å²) < 4.78 is 0. The number of anilines is 1. The van der Waals surface area contributed by atoms with E-state index in [1.165, 1.54) is 18.4 Å². The topological polar surface area (TPSA) is 52.6 Å². The number of rotatable bonds is 2. The third kappa shape index (κ3) is 2.97. The first-order chi connectivity index (χ1) is 10.2. The van der Waals surface area contributed by atoms with E-state index >= 15 is 0 Å². The highest BCUT2D eigenvalue weighted by Crippen LogP contribution is 2.31. The number of piperidine rings is 1. The van der Waals surface area contributed by atoms with Gasteiger partial charge in [-0.3, -0.25) is 4.79 Å². The van der Waals surface area contributed by atoms with Crippen LogP contribution in [-0.2, 0) is 11.2 Å². The number of carbonyl (C=O) groups is 1. The molecule has 0 spiro atoms. The number of aliphatic hydroxyl groups excluding tert-OH is 1. The van der Waals surface area contributed by atoms with E-state index in [1.807, 2.05) is 17.0 Å². The summed E-state index contributed by atoms with van der Waals surface area (Å²) in [7, 11) is 0. The van der Waals surface area contributed by atoms with Gasteiger partial charge in [0.05, 0.1) is 6.10 Å². The zero-order valence-electron chi connectivity index (χ0n) is 12.6. The molecule has 1 amide bonds. The van der Waals surface area contributed by atoms with Gasteiger partial charge in [0.1, 0.15) is 0 Å². The van der Waals surface area contributed by atoms with E-state index in [-0.39, 0.29) is 11.9 Å². The van der Waals surface area contributed by atoms with Gasteiger partial charge < -0.3 is 15.3 Å². The third-order valence-electron chi connectivity index (χ3n) is 4.67. The van der Waals surface area contributed by atoms with E-state index in [0.717, 1.165) is 43.6 Å². The summed E-state index contributed by atoms with van der Waals surface area (Å²) in [6.45, 7) is 3.41. The van der Waals surface area contributed by atoms with Crippen molar-refractivity contribution in [2.75, 3.05) is 18.0 Å². The monoisotopic (exact) mass is 288 g/mol. The number of fused-ring (bicyclic) bond motifs is 1. The fourth-order valence-electron chi connectivity index (χ4n) is 3.51. The highest BCUT2D eigenvalue weighted by Gasteiger charge is 2.25. The highest BCUT2D eigenvalue weighted by atomic mass is 16.3. The van der Waals surface area contributed by atoms with Crippen molar-refractivity contribution in [3.8, 4) is 0 Å². The maximum absolute atomic E-state index is 11.7. The van der Waals surface area contributed by atoms with Gasteiger partial charge in [-0.15, -0.1) is 0 Å². The summed E-state index contributed by atoms with van der Waals surface area (Å²) >= 11 is 0. The molecule has 3 rings (SSSR count). The predicted octanol–water partition coefficient (Wildman–Crippen LogP) is 2.16. The van der Waals surface area contributed by atoms with E-state index in [9.17, 15) is 9.90 Å². The molecule has 0 saturated carbocycles. The van der Waals surface area contributed by atoms with Crippen LogP contribution in [-0.4, -0.2) is 30.1 Å². The van der Waals surface area contributed by atoms with Crippen molar-refractivity contribution >= 4 is 11.6 Å². The quantitative estimate of drug-likeness (QED) is 0.877. The predicted molar refractivity (Wildman–Crippen MR) is 83.4 cm³/mol. The van der Waals surface area contributed by atoms with Crippen molar-refractivity contribution in [1.29, 1.82) is 0 Å². The maximum Gasteiger partial charge on any atom is 0.223 e. The Balaban J connectivity index is 1.83. The van der Waals surface area contributed by atoms with Gasteiger partial charge in [0.2, 0.25) is 5.91 Å². The number of carbonyl (C=O) groups excluding carboxylic acids is 1. The number of hydrogen-bond donors (Lipinski definition) is 2. The summed E-state index contributed by atoms with van der Waals surface area (Å²) in [5, 5.41) is 14.0. The molecule has 2 N–H and O–H groups in total. The van der Waals surface area contributed by atoms with Crippen molar-refractivity contribution in [3.05, 3.63) is 29.3 Å². The van der Waals surface area contributed by atoms with Crippen LogP contribution < -0.4 is 10.2 Å². The molecule has 114 valence electrons. The molecule has 2 aliphatic heterocycles. The van der Waals surface area contributed by atoms with Crippen LogP contribution in [0.25, 0.3) is 0 Å². The second-order valence-corrected chi connectivity index (χ2v) is 6.16. The summed E-state index contributed by atoms with van der Waals surface area (Å²) in [5.74, 6) is 0.0956. The van der Waals surface area contributed by atoms with Gasteiger partial charge in [0.25, 0.3) is 0 Å². The van der Waals surface area contributed by atoms with Crippen LogP contribution in [0.3, 0.4) is 0 Å². The van der Waals surface area contributed by atoms with Crippen molar-refractivity contribution in [1.82, 2.24) is 5.32 Å². The fourth-order valence-corrected chi connectivity index (χ4v) is 3.51. The summed E-state index contributed by atoms with van der Waals surface area (Å²) in [5.41, 5.74) is 3.17. The molecule has 2 atom stereocenters. The van der Waals surface area contributed by atoms with E-state index in [4.69, 9.17) is 0 Å². The van der Waals surface area contributed by atoms with Crippen LogP contribution in [0.15, 0.2) is 18.2 Å². The lowest BCUT2D eigenvalue weighted by molar-refractivity contribution is -0.116. The molecule has 0 radical (unpaired) electrons. The van der Waals surface area contributed by atoms with Gasteiger partial charge in [-0.1, -0.05) is 18.6 Å². The molecule has 4 heteroatoms. The lowest BCUT2D eigenvalue weighted by Gasteiger charge is -2.31. The van der Waals surface area contributed by atoms with Crippen LogP contribution in [0.4, 0.5) is 5.69 Å². The molecule has 0 bridgehead atoms. The molecule has 1 aromatic carbocycles. The second-order valence-electron chi connectivity index (χ2n) is 6.16. The first-order valence-electron chi connectivity index (χ1n) is 7.99. The third-order valence-corrected chi connectivity index (χ3v) is 4.67. The number of benzene rings is 1. The average molecular weight is 288 g/mol. The second kappa shape index (κ2) is 6.16. The van der Waals surface area contributed by atoms with Crippen LogP contribution in [0.1, 0.15) is 49.8 Å². The Morgan fingerprint density at radius 2 is 2.24 bits per heavy atom. The van der Waals surface area contributed by atoms with Crippen molar-refractivity contribution in [3.63, 3.8) is 0 Å². The Labute approximate surface area is 126 Å². The van der Waals surface area contributed by atoms with Crippen molar-refractivity contribution < 1.29 is 9.90 Å². The molecule has 1 aromatic rings. The smallest absolute Gasteiger partial charge is 0.223 e. The Bertz CT molecular complexity index is 524. The van der Waals surface area contributed by atoms with E-state index < -0.39 is 6.10 Å². The van der Waals surface area contributed by atoms with Crippen LogP contribution >= 0.6 is 0 Å². The van der Waals surface area contributed by atoms with Crippen LogP contribution in [0.5, 0.6) is 0 Å². The normalized spacial score (nSPS) is 23.5. The minimum absolute atomic E-state index is 0.0956. The number of nitrogens with one attached hydrogen (secondary N) is 1. The first kappa shape index (κ1) is 14.5. The van der Waals surface area contributed by atoms with Gasteiger partial charge in [0, 0.05) is 25.2 Å². The molecule has 21 heavy (non-hydrogen) atoms. The average Bonchev–Trinajstić information content (AvgIpc) is 2.53. The number of amides is 1. The van der Waals surface area contributed by atoms with E-state index in [0.29, 0.717) is 0 Å². The summed E-state index contributed by atoms with van der Waals surface area (Å²) in [4.78, 5) is 13.5. The molecule has 1 fully saturated rings. The molecular formula is C17H24N2O2. The van der Waals surface area contributed by atoms with Gasteiger partial charge >= 0.3 is 0 Å². The lowest BCUT2D eigenvalue weighted by atomic mass is 9.91. The number of hydrogen-bond acceptors (Lipinski definition) is 3. The SMILES string of the molecule is CC(=O)N1CCCc2cc(C(O)C3CCCCN3)ccc21. The zero-order valence-corrected chi connectivity index (χ0v) is 12.6. The molecule has 2 aliphatic rings. The van der Waals surface area contributed by atoms with Crippen LogP contribution in [0, 0.1) is 0 Å². The number of aryl methyl sites for hydroxylation is 1. The minimum atomic E-state index is -0.455. The van der Waals surface area contributed by atoms with Crippen molar-refractivity contribution in [2.45, 2.75) is 51.2 Å². The molecule has 4 nitrogen and oxygen atoms in total. The summed E-state index contributed by atoms with van der Waals surface area (Å²) in [6, 6.07) is 6.22. The lowest BCUT2D eigenvalue weighted by Crippen LogP contribution is -2.39.